The van der Waals surface area contributed by atoms with Crippen LogP contribution in [0.1, 0.15) is 52.1 Å². The molecule has 6 nitrogen and oxygen atoms in total. The Morgan fingerprint density at radius 1 is 1.33 bits per heavy atom. The number of aromatic nitrogens is 3. The summed E-state index contributed by atoms with van der Waals surface area (Å²) in [7, 11) is 0. The van der Waals surface area contributed by atoms with Gasteiger partial charge in [-0.2, -0.15) is 4.98 Å². The molecule has 0 fully saturated rings. The van der Waals surface area contributed by atoms with Crippen molar-refractivity contribution in [3.05, 3.63) is 41.1 Å². The summed E-state index contributed by atoms with van der Waals surface area (Å²) in [5.41, 5.74) is 2.49. The lowest BCUT2D eigenvalue weighted by Gasteiger charge is -2.28. The number of nitrogens with zero attached hydrogens (tertiary/aromatic N) is 3. The van der Waals surface area contributed by atoms with Crippen molar-refractivity contribution in [2.24, 2.45) is 0 Å². The van der Waals surface area contributed by atoms with Crippen molar-refractivity contribution in [2.45, 2.75) is 51.7 Å². The highest BCUT2D eigenvalue weighted by Crippen LogP contribution is 2.37. The van der Waals surface area contributed by atoms with E-state index in [0.29, 0.717) is 18.1 Å². The molecule has 0 bridgehead atoms. The Labute approximate surface area is 164 Å². The lowest BCUT2D eigenvalue weighted by Crippen LogP contribution is -2.27. The van der Waals surface area contributed by atoms with E-state index in [0.717, 1.165) is 40.8 Å². The van der Waals surface area contributed by atoms with Crippen molar-refractivity contribution >= 4 is 23.5 Å². The van der Waals surface area contributed by atoms with Crippen LogP contribution in [0.2, 0.25) is 0 Å². The van der Waals surface area contributed by atoms with Crippen molar-refractivity contribution < 1.29 is 9.53 Å². The number of carbonyl (C=O) groups excluding carboxylic acids is 1. The van der Waals surface area contributed by atoms with Gasteiger partial charge in [0.25, 0.3) is 0 Å². The number of thioether (sulfide) groups is 1. The van der Waals surface area contributed by atoms with Crippen molar-refractivity contribution in [2.75, 3.05) is 17.7 Å². The molecule has 2 heterocycles. The summed E-state index contributed by atoms with van der Waals surface area (Å²) < 4.78 is 7.61. The third-order valence-corrected chi connectivity index (χ3v) is 5.34. The number of rotatable bonds is 8. The number of hydrogen-bond donors (Lipinski definition) is 1. The molecular formula is C20H26N4O2S. The number of ether oxygens (including phenoxy) is 1. The van der Waals surface area contributed by atoms with Gasteiger partial charge in [-0.25, -0.2) is 4.68 Å². The van der Waals surface area contributed by atoms with E-state index in [9.17, 15) is 4.79 Å². The fourth-order valence-electron chi connectivity index (χ4n) is 3.14. The molecule has 1 atom stereocenters. The third kappa shape index (κ3) is 4.18. The van der Waals surface area contributed by atoms with Crippen molar-refractivity contribution in [1.82, 2.24) is 14.8 Å². The Morgan fingerprint density at radius 3 is 2.85 bits per heavy atom. The number of hydrogen-bond acceptors (Lipinski definition) is 6. The van der Waals surface area contributed by atoms with Crippen molar-refractivity contribution in [1.29, 1.82) is 0 Å². The standard InChI is InChI=1S/C20H26N4O2S/c1-5-10-26-16-9-7-8-15(12-16)18-17(14(4)25)13(3)21-19-22-20(23-24(18)19)27-11-6-2/h7-9,12,18H,5-6,10-11H2,1-4H3,(H,21,22,23). The van der Waals surface area contributed by atoms with Crippen LogP contribution in [0.4, 0.5) is 5.95 Å². The van der Waals surface area contributed by atoms with Crippen LogP contribution >= 0.6 is 11.8 Å². The minimum atomic E-state index is -0.313. The smallest absolute Gasteiger partial charge is 0.227 e. The van der Waals surface area contributed by atoms with Crippen LogP contribution in [0.15, 0.2) is 40.7 Å². The first kappa shape index (κ1) is 19.5. The zero-order valence-corrected chi connectivity index (χ0v) is 17.1. The first-order valence-corrected chi connectivity index (χ1v) is 10.3. The van der Waals surface area contributed by atoms with Crippen LogP contribution in [0.3, 0.4) is 0 Å². The van der Waals surface area contributed by atoms with Gasteiger partial charge in [0.15, 0.2) is 5.78 Å². The van der Waals surface area contributed by atoms with Gasteiger partial charge in [0, 0.05) is 17.0 Å². The Bertz CT molecular complexity index is 859. The van der Waals surface area contributed by atoms with E-state index in [4.69, 9.17) is 4.74 Å². The Balaban J connectivity index is 2.05. The van der Waals surface area contributed by atoms with E-state index in [1.807, 2.05) is 35.9 Å². The molecule has 0 radical (unpaired) electrons. The van der Waals surface area contributed by atoms with Crippen LogP contribution in [-0.4, -0.2) is 32.9 Å². The molecule has 1 N–H and O–H groups in total. The molecule has 0 saturated carbocycles. The van der Waals surface area contributed by atoms with E-state index >= 15 is 0 Å². The van der Waals surface area contributed by atoms with Crippen LogP contribution in [0.5, 0.6) is 5.75 Å². The van der Waals surface area contributed by atoms with Gasteiger partial charge in [-0.15, -0.1) is 5.10 Å². The summed E-state index contributed by atoms with van der Waals surface area (Å²) in [5, 5.41) is 8.65. The van der Waals surface area contributed by atoms with Gasteiger partial charge in [-0.3, -0.25) is 4.79 Å². The average molecular weight is 387 g/mol. The number of allylic oxidation sites excluding steroid dienone is 2. The summed E-state index contributed by atoms with van der Waals surface area (Å²) in [5.74, 6) is 2.45. The van der Waals surface area contributed by atoms with Gasteiger partial charge in [0.05, 0.1) is 6.61 Å². The number of ketones is 1. The number of nitrogens with one attached hydrogen (secondary N) is 1. The van der Waals surface area contributed by atoms with Gasteiger partial charge >= 0.3 is 0 Å². The molecule has 7 heteroatoms. The molecule has 0 amide bonds. The second-order valence-corrected chi connectivity index (χ2v) is 7.62. The average Bonchev–Trinajstić information content (AvgIpc) is 3.05. The van der Waals surface area contributed by atoms with Gasteiger partial charge in [0.1, 0.15) is 11.8 Å². The van der Waals surface area contributed by atoms with E-state index in [1.165, 1.54) is 0 Å². The van der Waals surface area contributed by atoms with Crippen molar-refractivity contribution in [3.8, 4) is 5.75 Å². The minimum absolute atomic E-state index is 0.0220. The van der Waals surface area contributed by atoms with E-state index in [2.05, 4.69) is 29.2 Å². The summed E-state index contributed by atoms with van der Waals surface area (Å²) in [4.78, 5) is 17.0. The molecule has 1 aromatic heterocycles. The SMILES string of the molecule is CCCOc1cccc(C2C(C(C)=O)=C(C)Nc3nc(SCCC)nn32)c1. The predicted octanol–water partition coefficient (Wildman–Crippen LogP) is 4.45. The minimum Gasteiger partial charge on any atom is -0.494 e. The largest absolute Gasteiger partial charge is 0.494 e. The predicted molar refractivity (Wildman–Crippen MR) is 108 cm³/mol. The topological polar surface area (TPSA) is 69.0 Å². The molecule has 0 aliphatic carbocycles. The Kier molecular flexibility index (Phi) is 6.21. The monoisotopic (exact) mass is 386 g/mol. The molecular weight excluding hydrogens is 360 g/mol. The maximum atomic E-state index is 12.4. The molecule has 0 spiro atoms. The second kappa shape index (κ2) is 8.61. The van der Waals surface area contributed by atoms with E-state index < -0.39 is 0 Å². The normalized spacial score (nSPS) is 16.1. The fourth-order valence-corrected chi connectivity index (χ4v) is 3.83. The summed E-state index contributed by atoms with van der Waals surface area (Å²) in [6, 6.07) is 7.59. The molecule has 1 aliphatic rings. The summed E-state index contributed by atoms with van der Waals surface area (Å²) >= 11 is 1.63. The molecule has 27 heavy (non-hydrogen) atoms. The maximum Gasteiger partial charge on any atom is 0.227 e. The van der Waals surface area contributed by atoms with Gasteiger partial charge in [0.2, 0.25) is 11.1 Å². The fraction of sp³-hybridized carbons (Fsp3) is 0.450. The third-order valence-electron chi connectivity index (χ3n) is 4.29. The summed E-state index contributed by atoms with van der Waals surface area (Å²) in [6.07, 6.45) is 2.00. The van der Waals surface area contributed by atoms with Crippen LogP contribution in [0, 0.1) is 0 Å². The van der Waals surface area contributed by atoms with E-state index in [-0.39, 0.29) is 11.8 Å². The molecule has 1 aromatic carbocycles. The molecule has 1 aliphatic heterocycles. The van der Waals surface area contributed by atoms with Crippen LogP contribution < -0.4 is 10.1 Å². The quantitative estimate of drug-likeness (QED) is 0.676. The maximum absolute atomic E-state index is 12.4. The molecule has 1 unspecified atom stereocenters. The number of anilines is 1. The number of carbonyl (C=O) groups is 1. The Hall–Kier alpha value is -2.28. The highest BCUT2D eigenvalue weighted by Gasteiger charge is 2.32. The first-order valence-electron chi connectivity index (χ1n) is 9.36. The first-order chi connectivity index (χ1) is 13.0. The van der Waals surface area contributed by atoms with E-state index in [1.54, 1.807) is 18.7 Å². The second-order valence-electron chi connectivity index (χ2n) is 6.55. The van der Waals surface area contributed by atoms with Gasteiger partial charge in [-0.05, 0) is 44.4 Å². The summed E-state index contributed by atoms with van der Waals surface area (Å²) in [6.45, 7) is 8.38. The Morgan fingerprint density at radius 2 is 2.15 bits per heavy atom. The molecule has 0 saturated heterocycles. The van der Waals surface area contributed by atoms with Gasteiger partial charge in [-0.1, -0.05) is 37.7 Å². The molecule has 2 aromatic rings. The lowest BCUT2D eigenvalue weighted by atomic mass is 9.93. The van der Waals surface area contributed by atoms with Crippen LogP contribution in [-0.2, 0) is 4.79 Å². The van der Waals surface area contributed by atoms with Crippen LogP contribution in [0.25, 0.3) is 0 Å². The molecule has 144 valence electrons. The number of fused-ring (bicyclic) bond motifs is 1. The highest BCUT2D eigenvalue weighted by molar-refractivity contribution is 7.99. The van der Waals surface area contributed by atoms with Gasteiger partial charge < -0.3 is 10.1 Å². The number of benzene rings is 1. The lowest BCUT2D eigenvalue weighted by molar-refractivity contribution is -0.114. The zero-order valence-electron chi connectivity index (χ0n) is 16.3. The number of Topliss-reactive ketones (excluding diaryl/α,β-unsaturated/α-hetero) is 1. The van der Waals surface area contributed by atoms with Crippen molar-refractivity contribution in [3.63, 3.8) is 0 Å². The molecule has 3 rings (SSSR count). The zero-order chi connectivity index (χ0) is 19.4. The highest BCUT2D eigenvalue weighted by atomic mass is 32.2.